The van der Waals surface area contributed by atoms with Crippen molar-refractivity contribution in [3.05, 3.63) is 11.8 Å². The first-order valence-electron chi connectivity index (χ1n) is 4.14. The Hall–Kier alpha value is -0.790. The van der Waals surface area contributed by atoms with E-state index < -0.39 is 0 Å². The molecule has 2 heteroatoms. The molecule has 1 saturated carbocycles. The van der Waals surface area contributed by atoms with Crippen LogP contribution in [-0.4, -0.2) is 12.8 Å². The minimum atomic E-state index is 0.773. The zero-order valence-corrected chi connectivity index (χ0v) is 7.30. The van der Waals surface area contributed by atoms with E-state index in [-0.39, 0.29) is 0 Å². The van der Waals surface area contributed by atoms with Gasteiger partial charge in [-0.2, -0.15) is 0 Å². The molecular weight excluding hydrogens is 136 g/mol. The van der Waals surface area contributed by atoms with Gasteiger partial charge in [-0.3, -0.25) is 4.99 Å². The van der Waals surface area contributed by atoms with Gasteiger partial charge in [0.25, 0.3) is 0 Å². The first-order valence-corrected chi connectivity index (χ1v) is 4.14. The Balaban J connectivity index is 2.72. The highest BCUT2D eigenvalue weighted by Gasteiger charge is 2.17. The molecule has 0 bridgehead atoms. The van der Waals surface area contributed by atoms with Crippen molar-refractivity contribution in [3.63, 3.8) is 0 Å². The Kier molecular flexibility index (Phi) is 2.69. The van der Waals surface area contributed by atoms with Gasteiger partial charge in [-0.1, -0.05) is 6.92 Å². The molecule has 2 N–H and O–H groups in total. The predicted molar refractivity (Wildman–Crippen MR) is 48.6 cm³/mol. The maximum absolute atomic E-state index is 5.49. The number of allylic oxidation sites excluding steroid dienone is 1. The fourth-order valence-electron chi connectivity index (χ4n) is 1.56. The van der Waals surface area contributed by atoms with E-state index in [4.69, 9.17) is 5.73 Å². The summed E-state index contributed by atoms with van der Waals surface area (Å²) in [5.74, 6) is 0.773. The monoisotopic (exact) mass is 152 g/mol. The van der Waals surface area contributed by atoms with Crippen LogP contribution in [-0.2, 0) is 0 Å². The molecule has 11 heavy (non-hydrogen) atoms. The molecule has 1 rings (SSSR count). The van der Waals surface area contributed by atoms with Crippen LogP contribution >= 0.6 is 0 Å². The SMILES string of the molecule is CN=C1CCC(C)CC1=CN. The number of rotatable bonds is 0. The lowest BCUT2D eigenvalue weighted by Crippen LogP contribution is -2.16. The molecule has 62 valence electrons. The topological polar surface area (TPSA) is 38.4 Å². The van der Waals surface area contributed by atoms with Gasteiger partial charge in [0.2, 0.25) is 0 Å². The summed E-state index contributed by atoms with van der Waals surface area (Å²) in [5, 5.41) is 0. The minimum Gasteiger partial charge on any atom is -0.404 e. The molecule has 1 unspecified atom stereocenters. The van der Waals surface area contributed by atoms with Gasteiger partial charge in [-0.25, -0.2) is 0 Å². The highest BCUT2D eigenvalue weighted by atomic mass is 14.7. The third kappa shape index (κ3) is 1.82. The van der Waals surface area contributed by atoms with Crippen LogP contribution in [0.5, 0.6) is 0 Å². The highest BCUT2D eigenvalue weighted by molar-refractivity contribution is 6.00. The van der Waals surface area contributed by atoms with Gasteiger partial charge in [0, 0.05) is 12.8 Å². The predicted octanol–water partition coefficient (Wildman–Crippen LogP) is 1.72. The van der Waals surface area contributed by atoms with Crippen LogP contribution < -0.4 is 5.73 Å². The Morgan fingerprint density at radius 2 is 2.36 bits per heavy atom. The lowest BCUT2D eigenvalue weighted by atomic mass is 9.86. The van der Waals surface area contributed by atoms with E-state index in [1.54, 1.807) is 6.20 Å². The number of aliphatic imine (C=N–C) groups is 1. The van der Waals surface area contributed by atoms with Gasteiger partial charge in [0.15, 0.2) is 0 Å². The number of nitrogens with zero attached hydrogens (tertiary/aromatic N) is 1. The first kappa shape index (κ1) is 8.31. The summed E-state index contributed by atoms with van der Waals surface area (Å²) >= 11 is 0. The van der Waals surface area contributed by atoms with Crippen LogP contribution in [0.25, 0.3) is 0 Å². The van der Waals surface area contributed by atoms with Crippen LogP contribution in [0.2, 0.25) is 0 Å². The van der Waals surface area contributed by atoms with Gasteiger partial charge in [0.1, 0.15) is 0 Å². The van der Waals surface area contributed by atoms with Crippen molar-refractivity contribution in [1.29, 1.82) is 0 Å². The number of hydrogen-bond donors (Lipinski definition) is 1. The van der Waals surface area contributed by atoms with Crippen molar-refractivity contribution in [2.75, 3.05) is 7.05 Å². The average molecular weight is 152 g/mol. The number of hydrogen-bond acceptors (Lipinski definition) is 2. The molecule has 0 amide bonds. The van der Waals surface area contributed by atoms with Crippen LogP contribution in [0.15, 0.2) is 16.8 Å². The van der Waals surface area contributed by atoms with E-state index >= 15 is 0 Å². The zero-order valence-electron chi connectivity index (χ0n) is 7.30. The summed E-state index contributed by atoms with van der Waals surface area (Å²) in [7, 11) is 1.84. The van der Waals surface area contributed by atoms with Gasteiger partial charge >= 0.3 is 0 Å². The Morgan fingerprint density at radius 3 is 2.91 bits per heavy atom. The second kappa shape index (κ2) is 3.56. The highest BCUT2D eigenvalue weighted by Crippen LogP contribution is 2.25. The second-order valence-corrected chi connectivity index (χ2v) is 3.21. The van der Waals surface area contributed by atoms with Crippen LogP contribution in [0.3, 0.4) is 0 Å². The molecule has 0 aliphatic heterocycles. The van der Waals surface area contributed by atoms with E-state index in [1.165, 1.54) is 17.7 Å². The summed E-state index contributed by atoms with van der Waals surface area (Å²) in [6, 6.07) is 0. The van der Waals surface area contributed by atoms with Crippen molar-refractivity contribution < 1.29 is 0 Å². The van der Waals surface area contributed by atoms with E-state index in [9.17, 15) is 0 Å². The van der Waals surface area contributed by atoms with E-state index in [2.05, 4.69) is 11.9 Å². The smallest absolute Gasteiger partial charge is 0.0391 e. The standard InChI is InChI=1S/C9H16N2/c1-7-3-4-9(11-2)8(5-7)6-10/h6-7H,3-5,10H2,1-2H3. The summed E-state index contributed by atoms with van der Waals surface area (Å²) in [6.45, 7) is 2.26. The molecule has 0 heterocycles. The molecule has 0 spiro atoms. The largest absolute Gasteiger partial charge is 0.404 e. The van der Waals surface area contributed by atoms with E-state index in [0.717, 1.165) is 18.8 Å². The van der Waals surface area contributed by atoms with Crippen LogP contribution in [0.4, 0.5) is 0 Å². The second-order valence-electron chi connectivity index (χ2n) is 3.21. The summed E-state index contributed by atoms with van der Waals surface area (Å²) in [6.07, 6.45) is 5.16. The lowest BCUT2D eigenvalue weighted by molar-refractivity contribution is 0.526. The molecule has 0 radical (unpaired) electrons. The molecular formula is C9H16N2. The van der Waals surface area contributed by atoms with Crippen molar-refractivity contribution in [1.82, 2.24) is 0 Å². The van der Waals surface area contributed by atoms with E-state index in [0.29, 0.717) is 0 Å². The molecule has 1 atom stereocenters. The van der Waals surface area contributed by atoms with Crippen molar-refractivity contribution in [2.24, 2.45) is 16.6 Å². The molecule has 0 aromatic carbocycles. The molecule has 0 aromatic rings. The molecule has 2 nitrogen and oxygen atoms in total. The Labute approximate surface area is 68.2 Å². The third-order valence-electron chi connectivity index (χ3n) is 2.28. The lowest BCUT2D eigenvalue weighted by Gasteiger charge is -2.21. The fraction of sp³-hybridized carbons (Fsp3) is 0.667. The maximum Gasteiger partial charge on any atom is 0.0391 e. The quantitative estimate of drug-likeness (QED) is 0.564. The molecule has 1 aliphatic rings. The van der Waals surface area contributed by atoms with Crippen molar-refractivity contribution in [3.8, 4) is 0 Å². The summed E-state index contributed by atoms with van der Waals surface area (Å²) in [4.78, 5) is 4.20. The van der Waals surface area contributed by atoms with Crippen LogP contribution in [0.1, 0.15) is 26.2 Å². The zero-order chi connectivity index (χ0) is 8.27. The normalized spacial score (nSPS) is 33.1. The Morgan fingerprint density at radius 1 is 1.64 bits per heavy atom. The van der Waals surface area contributed by atoms with Gasteiger partial charge < -0.3 is 5.73 Å². The Bertz CT molecular complexity index is 192. The molecule has 0 aromatic heterocycles. The third-order valence-corrected chi connectivity index (χ3v) is 2.28. The van der Waals surface area contributed by atoms with Crippen molar-refractivity contribution in [2.45, 2.75) is 26.2 Å². The molecule has 0 saturated heterocycles. The summed E-state index contributed by atoms with van der Waals surface area (Å²) in [5.41, 5.74) is 7.93. The van der Waals surface area contributed by atoms with Gasteiger partial charge in [-0.05, 0) is 37.0 Å². The van der Waals surface area contributed by atoms with Gasteiger partial charge in [0.05, 0.1) is 0 Å². The average Bonchev–Trinajstić information content (AvgIpc) is 2.04. The summed E-state index contributed by atoms with van der Waals surface area (Å²) < 4.78 is 0. The first-order chi connectivity index (χ1) is 5.27. The number of nitrogens with two attached hydrogens (primary N) is 1. The fourth-order valence-corrected chi connectivity index (χ4v) is 1.56. The molecule has 1 fully saturated rings. The molecule has 1 aliphatic carbocycles. The minimum absolute atomic E-state index is 0.773. The van der Waals surface area contributed by atoms with Crippen molar-refractivity contribution >= 4 is 5.71 Å². The van der Waals surface area contributed by atoms with Crippen LogP contribution in [0, 0.1) is 5.92 Å². The van der Waals surface area contributed by atoms with E-state index in [1.807, 2.05) is 7.05 Å². The maximum atomic E-state index is 5.49. The van der Waals surface area contributed by atoms with Gasteiger partial charge in [-0.15, -0.1) is 0 Å².